The van der Waals surface area contributed by atoms with Gasteiger partial charge in [0.15, 0.2) is 0 Å². The molecule has 2 aliphatic rings. The van der Waals surface area contributed by atoms with Gasteiger partial charge in [-0.2, -0.15) is 0 Å². The van der Waals surface area contributed by atoms with E-state index in [1.165, 1.54) is 0 Å². The van der Waals surface area contributed by atoms with Gasteiger partial charge >= 0.3 is 0 Å². The van der Waals surface area contributed by atoms with Crippen LogP contribution in [0.5, 0.6) is 0 Å². The van der Waals surface area contributed by atoms with Gasteiger partial charge in [-0.25, -0.2) is 0 Å². The lowest BCUT2D eigenvalue weighted by molar-refractivity contribution is 0.112. The number of amidine groups is 1. The van der Waals surface area contributed by atoms with Crippen molar-refractivity contribution in [2.75, 3.05) is 0 Å². The summed E-state index contributed by atoms with van der Waals surface area (Å²) in [6.45, 7) is 2.17. The van der Waals surface area contributed by atoms with Crippen molar-refractivity contribution < 1.29 is 5.11 Å². The summed E-state index contributed by atoms with van der Waals surface area (Å²) in [6, 6.07) is 0.871. The minimum absolute atomic E-state index is 0.107. The van der Waals surface area contributed by atoms with Crippen molar-refractivity contribution in [3.05, 3.63) is 0 Å². The van der Waals surface area contributed by atoms with Gasteiger partial charge in [-0.15, -0.1) is 0 Å². The Bertz CT molecular complexity index is 215. The van der Waals surface area contributed by atoms with E-state index in [0.717, 1.165) is 37.9 Å². The average molecular weight is 182 g/mol. The smallest absolute Gasteiger partial charge is 0.0970 e. The Labute approximate surface area is 79.3 Å². The molecule has 0 aromatic rings. The maximum atomic E-state index is 9.48. The summed E-state index contributed by atoms with van der Waals surface area (Å²) in [4.78, 5) is 4.63. The van der Waals surface area contributed by atoms with Gasteiger partial charge in [0, 0.05) is 6.42 Å². The minimum atomic E-state index is -0.107. The van der Waals surface area contributed by atoms with E-state index in [4.69, 9.17) is 0 Å². The first-order chi connectivity index (χ1) is 6.29. The van der Waals surface area contributed by atoms with Gasteiger partial charge in [0.2, 0.25) is 0 Å². The Morgan fingerprint density at radius 1 is 1.54 bits per heavy atom. The summed E-state index contributed by atoms with van der Waals surface area (Å²) in [6.07, 6.45) is 4.95. The van der Waals surface area contributed by atoms with Gasteiger partial charge in [-0.05, 0) is 25.7 Å². The van der Waals surface area contributed by atoms with Crippen LogP contribution >= 0.6 is 0 Å². The van der Waals surface area contributed by atoms with E-state index in [2.05, 4.69) is 17.2 Å². The fraction of sp³-hybridized carbons (Fsp3) is 0.900. The SMILES string of the molecule is CCCC1=NC2CCC(O)CC2N1. The zero-order valence-corrected chi connectivity index (χ0v) is 8.16. The molecule has 3 heteroatoms. The number of fused-ring (bicyclic) bond motifs is 1. The van der Waals surface area contributed by atoms with E-state index >= 15 is 0 Å². The highest BCUT2D eigenvalue weighted by Gasteiger charge is 2.33. The standard InChI is InChI=1S/C10H18N2O/c1-2-3-10-11-8-5-4-7(13)6-9(8)12-10/h7-9,13H,2-6H2,1H3,(H,11,12). The molecule has 0 radical (unpaired) electrons. The molecule has 1 heterocycles. The molecule has 2 rings (SSSR count). The van der Waals surface area contributed by atoms with Crippen molar-refractivity contribution in [1.29, 1.82) is 0 Å². The largest absolute Gasteiger partial charge is 0.393 e. The fourth-order valence-corrected chi connectivity index (χ4v) is 2.27. The monoisotopic (exact) mass is 182 g/mol. The second-order valence-corrected chi connectivity index (χ2v) is 4.11. The summed E-state index contributed by atoms with van der Waals surface area (Å²) >= 11 is 0. The van der Waals surface area contributed by atoms with Crippen LogP contribution in [0.25, 0.3) is 0 Å². The van der Waals surface area contributed by atoms with Gasteiger partial charge in [0.25, 0.3) is 0 Å². The van der Waals surface area contributed by atoms with Gasteiger partial charge in [0.05, 0.1) is 24.0 Å². The van der Waals surface area contributed by atoms with Gasteiger partial charge in [-0.1, -0.05) is 6.92 Å². The highest BCUT2D eigenvalue weighted by molar-refractivity contribution is 5.84. The quantitative estimate of drug-likeness (QED) is 0.671. The minimum Gasteiger partial charge on any atom is -0.393 e. The lowest BCUT2D eigenvalue weighted by atomic mass is 9.90. The topological polar surface area (TPSA) is 44.6 Å². The van der Waals surface area contributed by atoms with Crippen LogP contribution in [0.1, 0.15) is 39.0 Å². The molecule has 74 valence electrons. The molecule has 0 aromatic heterocycles. The molecule has 0 spiro atoms. The molecular weight excluding hydrogens is 164 g/mol. The molecule has 3 nitrogen and oxygen atoms in total. The van der Waals surface area contributed by atoms with E-state index < -0.39 is 0 Å². The van der Waals surface area contributed by atoms with Crippen LogP contribution in [0.15, 0.2) is 4.99 Å². The van der Waals surface area contributed by atoms with Crippen molar-refractivity contribution in [2.45, 2.75) is 57.2 Å². The first-order valence-electron chi connectivity index (χ1n) is 5.31. The summed E-state index contributed by atoms with van der Waals surface area (Å²) in [5, 5.41) is 12.9. The Morgan fingerprint density at radius 2 is 2.38 bits per heavy atom. The maximum absolute atomic E-state index is 9.48. The third-order valence-corrected chi connectivity index (χ3v) is 2.95. The first kappa shape index (κ1) is 9.00. The Balaban J connectivity index is 1.94. The van der Waals surface area contributed by atoms with Crippen LogP contribution < -0.4 is 5.32 Å². The normalized spacial score (nSPS) is 38.0. The molecule has 3 unspecified atom stereocenters. The molecule has 1 aliphatic heterocycles. The van der Waals surface area contributed by atoms with E-state index in [0.29, 0.717) is 12.1 Å². The van der Waals surface area contributed by atoms with E-state index in [9.17, 15) is 5.11 Å². The number of hydrogen-bond donors (Lipinski definition) is 2. The maximum Gasteiger partial charge on any atom is 0.0970 e. The summed E-state index contributed by atoms with van der Waals surface area (Å²) in [7, 11) is 0. The zero-order chi connectivity index (χ0) is 9.26. The van der Waals surface area contributed by atoms with Crippen molar-refractivity contribution in [1.82, 2.24) is 5.32 Å². The van der Waals surface area contributed by atoms with Crippen LogP contribution in [0.3, 0.4) is 0 Å². The van der Waals surface area contributed by atoms with E-state index in [1.807, 2.05) is 0 Å². The van der Waals surface area contributed by atoms with Gasteiger partial charge in [-0.3, -0.25) is 4.99 Å². The Morgan fingerprint density at radius 3 is 3.15 bits per heavy atom. The van der Waals surface area contributed by atoms with Crippen LogP contribution in [0.4, 0.5) is 0 Å². The third-order valence-electron chi connectivity index (χ3n) is 2.95. The summed E-state index contributed by atoms with van der Waals surface area (Å²) in [5.74, 6) is 1.16. The van der Waals surface area contributed by atoms with Crippen LogP contribution in [0, 0.1) is 0 Å². The van der Waals surface area contributed by atoms with Gasteiger partial charge in [0.1, 0.15) is 0 Å². The lowest BCUT2D eigenvalue weighted by Crippen LogP contribution is -2.41. The molecule has 13 heavy (non-hydrogen) atoms. The van der Waals surface area contributed by atoms with Crippen molar-refractivity contribution in [2.24, 2.45) is 4.99 Å². The molecule has 1 saturated carbocycles. The molecule has 3 atom stereocenters. The number of nitrogens with one attached hydrogen (secondary N) is 1. The molecule has 2 N–H and O–H groups in total. The molecule has 1 aliphatic carbocycles. The summed E-state index contributed by atoms with van der Waals surface area (Å²) in [5.41, 5.74) is 0. The Hall–Kier alpha value is -0.570. The lowest BCUT2D eigenvalue weighted by Gasteiger charge is -2.27. The van der Waals surface area contributed by atoms with E-state index in [-0.39, 0.29) is 6.10 Å². The van der Waals surface area contributed by atoms with E-state index in [1.54, 1.807) is 0 Å². The van der Waals surface area contributed by atoms with Crippen LogP contribution in [-0.2, 0) is 0 Å². The van der Waals surface area contributed by atoms with Gasteiger partial charge < -0.3 is 10.4 Å². The van der Waals surface area contributed by atoms with Crippen molar-refractivity contribution in [3.8, 4) is 0 Å². The molecular formula is C10H18N2O. The second kappa shape index (κ2) is 3.66. The zero-order valence-electron chi connectivity index (χ0n) is 8.16. The summed E-state index contributed by atoms with van der Waals surface area (Å²) < 4.78 is 0. The highest BCUT2D eigenvalue weighted by Crippen LogP contribution is 2.25. The molecule has 1 fully saturated rings. The predicted octanol–water partition coefficient (Wildman–Crippen LogP) is 1.07. The molecule has 0 aromatic carbocycles. The molecule has 0 amide bonds. The number of aliphatic hydroxyl groups excluding tert-OH is 1. The van der Waals surface area contributed by atoms with Crippen LogP contribution in [0.2, 0.25) is 0 Å². The number of nitrogens with zero attached hydrogens (tertiary/aromatic N) is 1. The van der Waals surface area contributed by atoms with Crippen molar-refractivity contribution >= 4 is 5.84 Å². The van der Waals surface area contributed by atoms with Crippen molar-refractivity contribution in [3.63, 3.8) is 0 Å². The number of aliphatic hydroxyl groups is 1. The number of hydrogen-bond acceptors (Lipinski definition) is 3. The second-order valence-electron chi connectivity index (χ2n) is 4.11. The number of aliphatic imine (C=N–C) groups is 1. The molecule has 0 bridgehead atoms. The predicted molar refractivity (Wildman–Crippen MR) is 52.9 cm³/mol. The first-order valence-corrected chi connectivity index (χ1v) is 5.31. The van der Waals surface area contributed by atoms with Crippen LogP contribution in [-0.4, -0.2) is 29.1 Å². The average Bonchev–Trinajstić information content (AvgIpc) is 2.46. The third kappa shape index (κ3) is 1.85. The molecule has 0 saturated heterocycles. The Kier molecular flexibility index (Phi) is 2.54. The highest BCUT2D eigenvalue weighted by atomic mass is 16.3. The fourth-order valence-electron chi connectivity index (χ4n) is 2.27. The number of rotatable bonds is 2.